The molecule has 0 unspecified atom stereocenters. The lowest BCUT2D eigenvalue weighted by molar-refractivity contribution is 0.632. The number of hydrogen-bond donors (Lipinski definition) is 2. The second-order valence-corrected chi connectivity index (χ2v) is 4.77. The SMILES string of the molecule is CC(C)CCSc1ccc(N)c(N)n1. The third-order valence-corrected chi connectivity index (χ3v) is 2.84. The number of pyridine rings is 1. The third-order valence-electron chi connectivity index (χ3n) is 1.88. The van der Waals surface area contributed by atoms with Crippen LogP contribution in [0, 0.1) is 5.92 Å². The predicted molar refractivity (Wildman–Crippen MR) is 63.2 cm³/mol. The molecule has 1 rings (SSSR count). The summed E-state index contributed by atoms with van der Waals surface area (Å²) in [4.78, 5) is 4.19. The highest BCUT2D eigenvalue weighted by Crippen LogP contribution is 2.21. The van der Waals surface area contributed by atoms with Crippen molar-refractivity contribution < 1.29 is 0 Å². The zero-order valence-electron chi connectivity index (χ0n) is 8.66. The number of thioether (sulfide) groups is 1. The van der Waals surface area contributed by atoms with Gasteiger partial charge in [-0.15, -0.1) is 11.8 Å². The zero-order valence-corrected chi connectivity index (χ0v) is 9.47. The smallest absolute Gasteiger partial charge is 0.147 e. The summed E-state index contributed by atoms with van der Waals surface area (Å²) in [6.45, 7) is 4.43. The molecule has 0 bridgehead atoms. The molecular formula is C10H17N3S. The predicted octanol–water partition coefficient (Wildman–Crippen LogP) is 2.38. The number of rotatable bonds is 4. The maximum absolute atomic E-state index is 5.60. The van der Waals surface area contributed by atoms with Gasteiger partial charge >= 0.3 is 0 Å². The Labute approximate surface area is 89.3 Å². The van der Waals surface area contributed by atoms with Crippen molar-refractivity contribution in [2.45, 2.75) is 25.3 Å². The van der Waals surface area contributed by atoms with Crippen LogP contribution in [0.3, 0.4) is 0 Å². The van der Waals surface area contributed by atoms with Gasteiger partial charge in [-0.25, -0.2) is 4.98 Å². The van der Waals surface area contributed by atoms with Crippen LogP contribution in [-0.4, -0.2) is 10.7 Å². The van der Waals surface area contributed by atoms with Crippen LogP contribution in [0.5, 0.6) is 0 Å². The quantitative estimate of drug-likeness (QED) is 0.750. The molecule has 1 heterocycles. The van der Waals surface area contributed by atoms with Gasteiger partial charge in [0.25, 0.3) is 0 Å². The largest absolute Gasteiger partial charge is 0.396 e. The van der Waals surface area contributed by atoms with Crippen molar-refractivity contribution in [3.63, 3.8) is 0 Å². The van der Waals surface area contributed by atoms with E-state index in [1.165, 1.54) is 6.42 Å². The van der Waals surface area contributed by atoms with Crippen molar-refractivity contribution in [2.75, 3.05) is 17.2 Å². The summed E-state index contributed by atoms with van der Waals surface area (Å²) in [5.74, 6) is 2.24. The fraction of sp³-hybridized carbons (Fsp3) is 0.500. The summed E-state index contributed by atoms with van der Waals surface area (Å²) < 4.78 is 0. The molecule has 1 aromatic heterocycles. The van der Waals surface area contributed by atoms with Crippen LogP contribution in [0.1, 0.15) is 20.3 Å². The molecule has 14 heavy (non-hydrogen) atoms. The molecule has 3 nitrogen and oxygen atoms in total. The Kier molecular flexibility index (Phi) is 4.07. The third kappa shape index (κ3) is 3.46. The Hall–Kier alpha value is -0.900. The first-order valence-electron chi connectivity index (χ1n) is 4.74. The molecule has 0 aliphatic rings. The van der Waals surface area contributed by atoms with E-state index in [2.05, 4.69) is 18.8 Å². The summed E-state index contributed by atoms with van der Waals surface area (Å²) in [5.41, 5.74) is 11.7. The molecule has 0 radical (unpaired) electrons. The summed E-state index contributed by atoms with van der Waals surface area (Å²) in [6, 6.07) is 3.72. The van der Waals surface area contributed by atoms with E-state index in [1.807, 2.05) is 6.07 Å². The fourth-order valence-corrected chi connectivity index (χ4v) is 2.07. The Bertz CT molecular complexity index is 299. The van der Waals surface area contributed by atoms with Crippen LogP contribution in [0.15, 0.2) is 17.2 Å². The zero-order chi connectivity index (χ0) is 10.6. The Morgan fingerprint density at radius 1 is 1.36 bits per heavy atom. The summed E-state index contributed by atoms with van der Waals surface area (Å²) in [5, 5.41) is 0.956. The van der Waals surface area contributed by atoms with Crippen LogP contribution in [-0.2, 0) is 0 Å². The van der Waals surface area contributed by atoms with Gasteiger partial charge in [0.05, 0.1) is 10.7 Å². The fourth-order valence-electron chi connectivity index (χ4n) is 0.947. The molecule has 0 atom stereocenters. The number of anilines is 2. The molecule has 0 fully saturated rings. The topological polar surface area (TPSA) is 64.9 Å². The molecule has 0 spiro atoms. The molecule has 1 aromatic rings. The lowest BCUT2D eigenvalue weighted by atomic mass is 10.2. The minimum Gasteiger partial charge on any atom is -0.396 e. The lowest BCUT2D eigenvalue weighted by Gasteiger charge is -2.05. The van der Waals surface area contributed by atoms with Gasteiger partial charge in [0.15, 0.2) is 0 Å². The second-order valence-electron chi connectivity index (χ2n) is 3.65. The van der Waals surface area contributed by atoms with Gasteiger partial charge in [-0.05, 0) is 30.2 Å². The van der Waals surface area contributed by atoms with Gasteiger partial charge in [0.2, 0.25) is 0 Å². The number of aromatic nitrogens is 1. The Morgan fingerprint density at radius 2 is 2.07 bits per heavy atom. The first-order valence-corrected chi connectivity index (χ1v) is 5.73. The molecule has 0 saturated carbocycles. The van der Waals surface area contributed by atoms with Gasteiger partial charge in [0, 0.05) is 0 Å². The standard InChI is InChI=1S/C10H17N3S/c1-7(2)5-6-14-9-4-3-8(11)10(12)13-9/h3-4,7H,5-6,11H2,1-2H3,(H2,12,13). The first kappa shape index (κ1) is 11.2. The first-order chi connectivity index (χ1) is 6.59. The number of nitrogens with zero attached hydrogens (tertiary/aromatic N) is 1. The molecule has 0 aliphatic carbocycles. The van der Waals surface area contributed by atoms with Crippen LogP contribution < -0.4 is 11.5 Å². The van der Waals surface area contributed by atoms with E-state index in [0.717, 1.165) is 16.7 Å². The van der Waals surface area contributed by atoms with Crippen LogP contribution in [0.25, 0.3) is 0 Å². The number of nitrogens with two attached hydrogens (primary N) is 2. The maximum atomic E-state index is 5.60. The highest BCUT2D eigenvalue weighted by Gasteiger charge is 2.00. The molecule has 0 aliphatic heterocycles. The summed E-state index contributed by atoms with van der Waals surface area (Å²) in [7, 11) is 0. The van der Waals surface area contributed by atoms with Crippen molar-refractivity contribution in [1.82, 2.24) is 4.98 Å². The lowest BCUT2D eigenvalue weighted by Crippen LogP contribution is -1.98. The minimum absolute atomic E-state index is 0.430. The molecule has 0 amide bonds. The second kappa shape index (κ2) is 5.10. The van der Waals surface area contributed by atoms with Gasteiger partial charge in [-0.3, -0.25) is 0 Å². The van der Waals surface area contributed by atoms with Crippen LogP contribution in [0.2, 0.25) is 0 Å². The summed E-state index contributed by atoms with van der Waals surface area (Å²) in [6.07, 6.45) is 1.19. The van der Waals surface area contributed by atoms with E-state index >= 15 is 0 Å². The van der Waals surface area contributed by atoms with E-state index in [0.29, 0.717) is 11.5 Å². The highest BCUT2D eigenvalue weighted by atomic mass is 32.2. The normalized spacial score (nSPS) is 10.8. The van der Waals surface area contributed by atoms with Crippen molar-refractivity contribution in [1.29, 1.82) is 0 Å². The summed E-state index contributed by atoms with van der Waals surface area (Å²) >= 11 is 1.72. The van der Waals surface area contributed by atoms with E-state index < -0.39 is 0 Å². The minimum atomic E-state index is 0.430. The van der Waals surface area contributed by atoms with Gasteiger partial charge in [-0.2, -0.15) is 0 Å². The van der Waals surface area contributed by atoms with E-state index in [9.17, 15) is 0 Å². The Balaban J connectivity index is 2.47. The van der Waals surface area contributed by atoms with Crippen molar-refractivity contribution >= 4 is 23.3 Å². The van der Waals surface area contributed by atoms with E-state index in [-0.39, 0.29) is 0 Å². The average molecular weight is 211 g/mol. The highest BCUT2D eigenvalue weighted by molar-refractivity contribution is 7.99. The molecule has 4 heteroatoms. The van der Waals surface area contributed by atoms with E-state index in [1.54, 1.807) is 17.8 Å². The van der Waals surface area contributed by atoms with Gasteiger partial charge in [0.1, 0.15) is 5.82 Å². The Morgan fingerprint density at radius 3 is 2.64 bits per heavy atom. The number of nitrogen functional groups attached to an aromatic ring is 2. The molecule has 0 aromatic carbocycles. The van der Waals surface area contributed by atoms with Gasteiger partial charge < -0.3 is 11.5 Å². The van der Waals surface area contributed by atoms with Crippen molar-refractivity contribution in [3.8, 4) is 0 Å². The molecule has 0 saturated heterocycles. The number of hydrogen-bond acceptors (Lipinski definition) is 4. The van der Waals surface area contributed by atoms with Crippen molar-refractivity contribution in [2.24, 2.45) is 5.92 Å². The molecular weight excluding hydrogens is 194 g/mol. The van der Waals surface area contributed by atoms with Gasteiger partial charge in [-0.1, -0.05) is 13.8 Å². The maximum Gasteiger partial charge on any atom is 0.147 e. The van der Waals surface area contributed by atoms with E-state index in [4.69, 9.17) is 11.5 Å². The monoisotopic (exact) mass is 211 g/mol. The van der Waals surface area contributed by atoms with Crippen LogP contribution >= 0.6 is 11.8 Å². The van der Waals surface area contributed by atoms with Crippen molar-refractivity contribution in [3.05, 3.63) is 12.1 Å². The average Bonchev–Trinajstić information content (AvgIpc) is 2.10. The van der Waals surface area contributed by atoms with Crippen LogP contribution in [0.4, 0.5) is 11.5 Å². The molecule has 78 valence electrons. The molecule has 4 N–H and O–H groups in total.